The number of fused-ring (bicyclic) bond motifs is 1. The van der Waals surface area contributed by atoms with Crippen molar-refractivity contribution < 1.29 is 4.79 Å². The lowest BCUT2D eigenvalue weighted by atomic mass is 10.0. The summed E-state index contributed by atoms with van der Waals surface area (Å²) in [7, 11) is 0. The molecule has 1 aliphatic rings. The number of carbonyl (C=O) groups is 1. The number of amides is 1. The van der Waals surface area contributed by atoms with E-state index in [2.05, 4.69) is 29.3 Å². The molecule has 176 valence electrons. The van der Waals surface area contributed by atoms with Gasteiger partial charge >= 0.3 is 0 Å². The second-order valence-electron chi connectivity index (χ2n) is 9.09. The zero-order valence-corrected chi connectivity index (χ0v) is 20.3. The highest BCUT2D eigenvalue weighted by molar-refractivity contribution is 5.85. The van der Waals surface area contributed by atoms with Gasteiger partial charge in [0.15, 0.2) is 0 Å². The molecule has 3 heterocycles. The van der Waals surface area contributed by atoms with E-state index in [-0.39, 0.29) is 11.5 Å². The van der Waals surface area contributed by atoms with E-state index in [1.807, 2.05) is 37.6 Å². The molecule has 1 fully saturated rings. The van der Waals surface area contributed by atoms with E-state index in [0.29, 0.717) is 31.5 Å². The molecule has 0 radical (unpaired) electrons. The number of hydrogen-bond donors (Lipinski definition) is 1. The van der Waals surface area contributed by atoms with Crippen LogP contribution in [0.25, 0.3) is 16.7 Å². The predicted molar refractivity (Wildman–Crippen MR) is 132 cm³/mol. The number of carbonyl (C=O) groups excluding carboxylic acids is 1. The molecule has 1 saturated heterocycles. The number of nitrogens with zero attached hydrogens (tertiary/aromatic N) is 4. The van der Waals surface area contributed by atoms with E-state index in [0.717, 1.165) is 53.2 Å². The Balaban J connectivity index is 1.60. The number of aromatic nitrogens is 3. The SMILES string of the molecule is CCn1c(=O)c(CCC(=O)NCCN2CCCC2)c(C)c2c(C)nn(-c3cccc(C)c3)c21. The van der Waals surface area contributed by atoms with Crippen molar-refractivity contribution in [3.8, 4) is 5.69 Å². The van der Waals surface area contributed by atoms with Gasteiger partial charge in [-0.1, -0.05) is 12.1 Å². The minimum Gasteiger partial charge on any atom is -0.355 e. The van der Waals surface area contributed by atoms with Gasteiger partial charge in [0.2, 0.25) is 5.91 Å². The molecule has 1 aliphatic heterocycles. The summed E-state index contributed by atoms with van der Waals surface area (Å²) >= 11 is 0. The lowest BCUT2D eigenvalue weighted by molar-refractivity contribution is -0.121. The average Bonchev–Trinajstić information content (AvgIpc) is 3.42. The molecule has 1 N–H and O–H groups in total. The van der Waals surface area contributed by atoms with Crippen LogP contribution in [0.2, 0.25) is 0 Å². The summed E-state index contributed by atoms with van der Waals surface area (Å²) in [4.78, 5) is 28.3. The summed E-state index contributed by atoms with van der Waals surface area (Å²) < 4.78 is 3.68. The quantitative estimate of drug-likeness (QED) is 0.573. The van der Waals surface area contributed by atoms with Crippen LogP contribution in [0.1, 0.15) is 48.6 Å². The average molecular weight is 450 g/mol. The minimum absolute atomic E-state index is 0.00307. The summed E-state index contributed by atoms with van der Waals surface area (Å²) in [5, 5.41) is 8.82. The van der Waals surface area contributed by atoms with Crippen LogP contribution < -0.4 is 10.9 Å². The molecule has 0 spiro atoms. The summed E-state index contributed by atoms with van der Waals surface area (Å²) in [5.74, 6) is 0.00307. The highest BCUT2D eigenvalue weighted by Crippen LogP contribution is 2.26. The summed E-state index contributed by atoms with van der Waals surface area (Å²) in [6.07, 6.45) is 3.25. The van der Waals surface area contributed by atoms with Gasteiger partial charge in [-0.15, -0.1) is 0 Å². The van der Waals surface area contributed by atoms with Crippen molar-refractivity contribution in [1.29, 1.82) is 0 Å². The maximum absolute atomic E-state index is 13.5. The van der Waals surface area contributed by atoms with Crippen LogP contribution in [0.15, 0.2) is 29.1 Å². The molecular formula is C26H35N5O2. The molecule has 33 heavy (non-hydrogen) atoms. The van der Waals surface area contributed by atoms with Gasteiger partial charge in [0.1, 0.15) is 5.65 Å². The third kappa shape index (κ3) is 4.74. The van der Waals surface area contributed by atoms with Gasteiger partial charge in [-0.3, -0.25) is 14.2 Å². The number of likely N-dealkylation sites (tertiary alicyclic amines) is 1. The van der Waals surface area contributed by atoms with Crippen molar-refractivity contribution in [2.75, 3.05) is 26.2 Å². The van der Waals surface area contributed by atoms with E-state index in [4.69, 9.17) is 5.10 Å². The van der Waals surface area contributed by atoms with E-state index >= 15 is 0 Å². The molecule has 7 nitrogen and oxygen atoms in total. The molecule has 2 aromatic heterocycles. The van der Waals surface area contributed by atoms with Crippen LogP contribution >= 0.6 is 0 Å². The minimum atomic E-state index is -0.0267. The molecule has 0 saturated carbocycles. The van der Waals surface area contributed by atoms with Gasteiger partial charge in [0, 0.05) is 37.0 Å². The second kappa shape index (κ2) is 9.91. The van der Waals surface area contributed by atoms with Gasteiger partial charge in [-0.2, -0.15) is 5.10 Å². The fraction of sp³-hybridized carbons (Fsp3) is 0.500. The molecule has 1 aromatic carbocycles. The summed E-state index contributed by atoms with van der Waals surface area (Å²) in [6.45, 7) is 12.4. The first kappa shape index (κ1) is 23.2. The lowest BCUT2D eigenvalue weighted by Crippen LogP contribution is -2.34. The highest BCUT2D eigenvalue weighted by Gasteiger charge is 2.21. The maximum Gasteiger partial charge on any atom is 0.255 e. The Morgan fingerprint density at radius 3 is 2.61 bits per heavy atom. The van der Waals surface area contributed by atoms with Crippen molar-refractivity contribution in [1.82, 2.24) is 24.6 Å². The Morgan fingerprint density at radius 1 is 1.15 bits per heavy atom. The summed E-state index contributed by atoms with van der Waals surface area (Å²) in [6, 6.07) is 8.14. The Kier molecular flexibility index (Phi) is 6.98. The highest BCUT2D eigenvalue weighted by atomic mass is 16.1. The van der Waals surface area contributed by atoms with E-state index in [9.17, 15) is 9.59 Å². The van der Waals surface area contributed by atoms with Crippen LogP contribution in [0, 0.1) is 20.8 Å². The standard InChI is InChI=1S/C26H35N5O2/c1-5-30-25-24(20(4)28-31(25)21-10-8-9-18(2)17-21)19(3)22(26(30)33)11-12-23(32)27-13-16-29-14-6-7-15-29/h8-10,17H,5-7,11-16H2,1-4H3,(H,27,32). The zero-order valence-electron chi connectivity index (χ0n) is 20.3. The van der Waals surface area contributed by atoms with E-state index in [1.54, 1.807) is 4.57 Å². The smallest absolute Gasteiger partial charge is 0.255 e. The number of nitrogens with one attached hydrogen (secondary N) is 1. The molecule has 0 aliphatic carbocycles. The number of benzene rings is 1. The Labute approximate surface area is 195 Å². The van der Waals surface area contributed by atoms with Crippen LogP contribution in [0.4, 0.5) is 0 Å². The Bertz CT molecular complexity index is 1220. The molecule has 0 bridgehead atoms. The largest absolute Gasteiger partial charge is 0.355 e. The number of rotatable bonds is 8. The molecule has 1 amide bonds. The molecule has 3 aromatic rings. The molecule has 0 unspecified atom stereocenters. The normalized spacial score (nSPS) is 14.3. The molecule has 4 rings (SSSR count). The number of pyridine rings is 1. The first-order valence-corrected chi connectivity index (χ1v) is 12.1. The van der Waals surface area contributed by atoms with Crippen molar-refractivity contribution in [3.05, 3.63) is 57.0 Å². The van der Waals surface area contributed by atoms with Crippen molar-refractivity contribution >= 4 is 16.9 Å². The Hall–Kier alpha value is -2.93. The monoisotopic (exact) mass is 449 g/mol. The summed E-state index contributed by atoms with van der Waals surface area (Å²) in [5.41, 5.74) is 5.42. The lowest BCUT2D eigenvalue weighted by Gasteiger charge is -2.16. The van der Waals surface area contributed by atoms with Gasteiger partial charge in [0.05, 0.1) is 11.4 Å². The first-order chi connectivity index (χ1) is 15.9. The van der Waals surface area contributed by atoms with Crippen LogP contribution in [0.3, 0.4) is 0 Å². The Morgan fingerprint density at radius 2 is 1.91 bits per heavy atom. The van der Waals surface area contributed by atoms with Crippen LogP contribution in [-0.4, -0.2) is 51.3 Å². The van der Waals surface area contributed by atoms with E-state index < -0.39 is 0 Å². The number of hydrogen-bond acceptors (Lipinski definition) is 4. The topological polar surface area (TPSA) is 72.2 Å². The van der Waals surface area contributed by atoms with Gasteiger partial charge in [-0.25, -0.2) is 4.68 Å². The van der Waals surface area contributed by atoms with Crippen molar-refractivity contribution in [3.63, 3.8) is 0 Å². The van der Waals surface area contributed by atoms with Crippen molar-refractivity contribution in [2.24, 2.45) is 0 Å². The van der Waals surface area contributed by atoms with Crippen LogP contribution in [-0.2, 0) is 17.8 Å². The van der Waals surface area contributed by atoms with Gasteiger partial charge < -0.3 is 10.2 Å². The maximum atomic E-state index is 13.5. The van der Waals surface area contributed by atoms with Crippen LogP contribution in [0.5, 0.6) is 0 Å². The zero-order chi connectivity index (χ0) is 23.5. The molecular weight excluding hydrogens is 414 g/mol. The van der Waals surface area contributed by atoms with Crippen molar-refractivity contribution in [2.45, 2.75) is 59.9 Å². The van der Waals surface area contributed by atoms with Gasteiger partial charge in [0.25, 0.3) is 5.56 Å². The molecule has 7 heteroatoms. The fourth-order valence-electron chi connectivity index (χ4n) is 4.99. The second-order valence-corrected chi connectivity index (χ2v) is 9.09. The first-order valence-electron chi connectivity index (χ1n) is 12.1. The molecule has 0 atom stereocenters. The predicted octanol–water partition coefficient (Wildman–Crippen LogP) is 3.28. The number of aryl methyl sites for hydroxylation is 4. The fourth-order valence-corrected chi connectivity index (χ4v) is 4.99. The third-order valence-electron chi connectivity index (χ3n) is 6.74. The van der Waals surface area contributed by atoms with E-state index in [1.165, 1.54) is 12.8 Å². The van der Waals surface area contributed by atoms with Gasteiger partial charge in [-0.05, 0) is 83.3 Å². The third-order valence-corrected chi connectivity index (χ3v) is 6.74.